The normalized spacial score (nSPS) is 25.7. The average molecular weight is 242 g/mol. The van der Waals surface area contributed by atoms with E-state index >= 15 is 0 Å². The molecule has 0 radical (unpaired) electrons. The second-order valence-corrected chi connectivity index (χ2v) is 5.71. The van der Waals surface area contributed by atoms with Gasteiger partial charge in [0.25, 0.3) is 0 Å². The van der Waals surface area contributed by atoms with Crippen LogP contribution in [0.5, 0.6) is 0 Å². The van der Waals surface area contributed by atoms with Gasteiger partial charge in [0.2, 0.25) is 5.91 Å². The number of hydrogen-bond donors (Lipinski definition) is 1. The highest BCUT2D eigenvalue weighted by molar-refractivity contribution is 5.78. The van der Waals surface area contributed by atoms with Crippen molar-refractivity contribution in [1.29, 1.82) is 0 Å². The summed E-state index contributed by atoms with van der Waals surface area (Å²) in [6.07, 6.45) is -0.108. The Balaban J connectivity index is 2.51. The molecule has 1 aliphatic heterocycles. The van der Waals surface area contributed by atoms with Crippen molar-refractivity contribution >= 4 is 12.0 Å². The van der Waals surface area contributed by atoms with Gasteiger partial charge in [0, 0.05) is 26.1 Å². The number of hydrogen-bond acceptors (Lipinski definition) is 3. The van der Waals surface area contributed by atoms with Crippen LogP contribution in [0.3, 0.4) is 0 Å². The molecule has 1 rings (SSSR count). The van der Waals surface area contributed by atoms with Crippen molar-refractivity contribution < 1.29 is 14.3 Å². The Morgan fingerprint density at radius 2 is 2.06 bits per heavy atom. The molecule has 1 heterocycles. The predicted molar refractivity (Wildman–Crippen MR) is 64.6 cm³/mol. The fraction of sp³-hybridized carbons (Fsp3) is 0.833. The van der Waals surface area contributed by atoms with Crippen molar-refractivity contribution in [1.82, 2.24) is 10.2 Å². The first-order chi connectivity index (χ1) is 7.69. The summed E-state index contributed by atoms with van der Waals surface area (Å²) in [5.74, 6) is 0.300. The molecule has 5 heteroatoms. The van der Waals surface area contributed by atoms with E-state index in [-0.39, 0.29) is 17.9 Å². The third-order valence-corrected chi connectivity index (χ3v) is 2.77. The maximum Gasteiger partial charge on any atom is 0.407 e. The predicted octanol–water partition coefficient (Wildman–Crippen LogP) is 1.38. The van der Waals surface area contributed by atoms with Gasteiger partial charge in [0.05, 0.1) is 0 Å². The second kappa shape index (κ2) is 4.94. The molecule has 0 bridgehead atoms. The molecule has 1 saturated heterocycles. The molecule has 1 aliphatic rings. The molecular weight excluding hydrogens is 220 g/mol. The SMILES string of the molecule is C[C@H]1CN(C)C(=O)C[C@H]1NC(=O)OC(C)(C)C. The Kier molecular flexibility index (Phi) is 4.01. The highest BCUT2D eigenvalue weighted by atomic mass is 16.6. The summed E-state index contributed by atoms with van der Waals surface area (Å²) in [5.41, 5.74) is -0.511. The van der Waals surface area contributed by atoms with Gasteiger partial charge in [-0.1, -0.05) is 6.92 Å². The molecule has 0 saturated carbocycles. The molecule has 17 heavy (non-hydrogen) atoms. The van der Waals surface area contributed by atoms with Crippen molar-refractivity contribution in [3.05, 3.63) is 0 Å². The Bertz CT molecular complexity index is 309. The summed E-state index contributed by atoms with van der Waals surface area (Å²) in [6.45, 7) is 8.13. The van der Waals surface area contributed by atoms with Crippen LogP contribution in [0.25, 0.3) is 0 Å². The lowest BCUT2D eigenvalue weighted by Crippen LogP contribution is -2.52. The van der Waals surface area contributed by atoms with Crippen LogP contribution >= 0.6 is 0 Å². The maximum absolute atomic E-state index is 11.6. The number of carbonyl (C=O) groups is 2. The van der Waals surface area contributed by atoms with E-state index in [2.05, 4.69) is 5.32 Å². The molecule has 0 unspecified atom stereocenters. The van der Waals surface area contributed by atoms with E-state index in [1.807, 2.05) is 27.7 Å². The summed E-state index contributed by atoms with van der Waals surface area (Å²) < 4.78 is 5.18. The summed E-state index contributed by atoms with van der Waals surface area (Å²) >= 11 is 0. The molecule has 2 amide bonds. The first-order valence-corrected chi connectivity index (χ1v) is 5.92. The zero-order valence-corrected chi connectivity index (χ0v) is 11.2. The first-order valence-electron chi connectivity index (χ1n) is 5.92. The van der Waals surface area contributed by atoms with E-state index in [0.717, 1.165) is 0 Å². The van der Waals surface area contributed by atoms with Crippen LogP contribution < -0.4 is 5.32 Å². The minimum atomic E-state index is -0.511. The summed E-state index contributed by atoms with van der Waals surface area (Å²) in [7, 11) is 1.78. The minimum Gasteiger partial charge on any atom is -0.444 e. The van der Waals surface area contributed by atoms with Crippen LogP contribution in [0.2, 0.25) is 0 Å². The van der Waals surface area contributed by atoms with Crippen LogP contribution in [-0.4, -0.2) is 42.1 Å². The molecule has 0 aromatic heterocycles. The summed E-state index contributed by atoms with van der Waals surface area (Å²) in [5, 5.41) is 2.77. The number of nitrogens with zero attached hydrogens (tertiary/aromatic N) is 1. The van der Waals surface area contributed by atoms with Crippen molar-refractivity contribution in [2.24, 2.45) is 5.92 Å². The van der Waals surface area contributed by atoms with E-state index in [0.29, 0.717) is 13.0 Å². The van der Waals surface area contributed by atoms with Gasteiger partial charge < -0.3 is 15.0 Å². The number of ether oxygens (including phenoxy) is 1. The lowest BCUT2D eigenvalue weighted by Gasteiger charge is -2.35. The zero-order valence-electron chi connectivity index (χ0n) is 11.2. The zero-order chi connectivity index (χ0) is 13.2. The van der Waals surface area contributed by atoms with E-state index in [1.54, 1.807) is 11.9 Å². The topological polar surface area (TPSA) is 58.6 Å². The molecule has 5 nitrogen and oxygen atoms in total. The molecule has 1 N–H and O–H groups in total. The number of amides is 2. The van der Waals surface area contributed by atoms with Gasteiger partial charge in [-0.2, -0.15) is 0 Å². The van der Waals surface area contributed by atoms with Crippen molar-refractivity contribution in [2.75, 3.05) is 13.6 Å². The van der Waals surface area contributed by atoms with Gasteiger partial charge >= 0.3 is 6.09 Å². The van der Waals surface area contributed by atoms with Crippen LogP contribution in [0.15, 0.2) is 0 Å². The summed E-state index contributed by atoms with van der Waals surface area (Å²) in [6, 6.07) is -0.131. The molecule has 0 aliphatic carbocycles. The largest absolute Gasteiger partial charge is 0.444 e. The Morgan fingerprint density at radius 1 is 1.47 bits per heavy atom. The van der Waals surface area contributed by atoms with E-state index in [9.17, 15) is 9.59 Å². The number of carbonyl (C=O) groups excluding carboxylic acids is 2. The molecule has 1 fully saturated rings. The van der Waals surface area contributed by atoms with Gasteiger partial charge in [-0.25, -0.2) is 4.79 Å². The van der Waals surface area contributed by atoms with Crippen LogP contribution in [0.1, 0.15) is 34.1 Å². The quantitative estimate of drug-likeness (QED) is 0.755. The maximum atomic E-state index is 11.6. The minimum absolute atomic E-state index is 0.0594. The second-order valence-electron chi connectivity index (χ2n) is 5.71. The third kappa shape index (κ3) is 4.24. The summed E-state index contributed by atoms with van der Waals surface area (Å²) in [4.78, 5) is 24.8. The van der Waals surface area contributed by atoms with Crippen molar-refractivity contribution in [2.45, 2.75) is 45.8 Å². The number of alkyl carbamates (subject to hydrolysis) is 1. The van der Waals surface area contributed by atoms with Gasteiger partial charge in [-0.15, -0.1) is 0 Å². The van der Waals surface area contributed by atoms with Crippen LogP contribution in [0, 0.1) is 5.92 Å². The smallest absolute Gasteiger partial charge is 0.407 e. The van der Waals surface area contributed by atoms with E-state index in [1.165, 1.54) is 0 Å². The lowest BCUT2D eigenvalue weighted by atomic mass is 9.94. The monoisotopic (exact) mass is 242 g/mol. The highest BCUT2D eigenvalue weighted by Gasteiger charge is 2.31. The fourth-order valence-corrected chi connectivity index (χ4v) is 1.86. The van der Waals surface area contributed by atoms with E-state index in [4.69, 9.17) is 4.74 Å². The van der Waals surface area contributed by atoms with Crippen LogP contribution in [-0.2, 0) is 9.53 Å². The highest BCUT2D eigenvalue weighted by Crippen LogP contribution is 2.17. The van der Waals surface area contributed by atoms with Crippen molar-refractivity contribution in [3.63, 3.8) is 0 Å². The molecule has 98 valence electrons. The Hall–Kier alpha value is -1.26. The average Bonchev–Trinajstić information content (AvgIpc) is 2.11. The number of likely N-dealkylation sites (tertiary alicyclic amines) is 1. The standard InChI is InChI=1S/C12H22N2O3/c1-8-7-14(5)10(15)6-9(8)13-11(16)17-12(2,3)4/h8-9H,6-7H2,1-5H3,(H,13,16)/t8-,9+/m0/s1. The Morgan fingerprint density at radius 3 is 2.59 bits per heavy atom. The molecule has 2 atom stereocenters. The molecule has 0 aromatic carbocycles. The van der Waals surface area contributed by atoms with E-state index < -0.39 is 11.7 Å². The number of rotatable bonds is 1. The van der Waals surface area contributed by atoms with Gasteiger partial charge in [-0.05, 0) is 26.7 Å². The number of nitrogens with one attached hydrogen (secondary N) is 1. The molecule has 0 spiro atoms. The van der Waals surface area contributed by atoms with Crippen LogP contribution in [0.4, 0.5) is 4.79 Å². The fourth-order valence-electron chi connectivity index (χ4n) is 1.86. The Labute approximate surface area is 102 Å². The van der Waals surface area contributed by atoms with Gasteiger partial charge in [0.15, 0.2) is 0 Å². The van der Waals surface area contributed by atoms with Gasteiger partial charge in [-0.3, -0.25) is 4.79 Å². The molecular formula is C12H22N2O3. The first kappa shape index (κ1) is 13.8. The van der Waals surface area contributed by atoms with Crippen molar-refractivity contribution in [3.8, 4) is 0 Å². The lowest BCUT2D eigenvalue weighted by molar-refractivity contribution is -0.134. The number of piperidine rings is 1. The third-order valence-electron chi connectivity index (χ3n) is 2.77. The molecule has 0 aromatic rings. The van der Waals surface area contributed by atoms with Gasteiger partial charge in [0.1, 0.15) is 5.60 Å².